The molecule has 2 heterocycles. The lowest BCUT2D eigenvalue weighted by molar-refractivity contribution is -0.119. The minimum Gasteiger partial charge on any atom is -0.495 e. The van der Waals surface area contributed by atoms with Gasteiger partial charge in [-0.25, -0.2) is 9.78 Å². The molecule has 0 radical (unpaired) electrons. The van der Waals surface area contributed by atoms with Crippen molar-refractivity contribution in [3.63, 3.8) is 0 Å². The predicted octanol–water partition coefficient (Wildman–Crippen LogP) is 3.90. The van der Waals surface area contributed by atoms with Crippen LogP contribution in [0.4, 0.5) is 23.0 Å². The van der Waals surface area contributed by atoms with Crippen molar-refractivity contribution in [3.05, 3.63) is 71.8 Å². The Morgan fingerprint density at radius 3 is 2.59 bits per heavy atom. The van der Waals surface area contributed by atoms with Crippen molar-refractivity contribution >= 4 is 34.9 Å². The van der Waals surface area contributed by atoms with Gasteiger partial charge in [0, 0.05) is 13.6 Å². The number of amides is 1. The summed E-state index contributed by atoms with van der Waals surface area (Å²) in [7, 11) is 3.23. The van der Waals surface area contributed by atoms with E-state index in [0.717, 1.165) is 11.3 Å². The molecule has 32 heavy (non-hydrogen) atoms. The van der Waals surface area contributed by atoms with Gasteiger partial charge in [-0.1, -0.05) is 30.3 Å². The molecule has 2 aromatic carbocycles. The van der Waals surface area contributed by atoms with Crippen LogP contribution >= 0.6 is 0 Å². The van der Waals surface area contributed by atoms with Crippen LogP contribution in [0.25, 0.3) is 0 Å². The molecule has 1 aliphatic heterocycles. The number of carboxylic acid groups (broad SMARTS) is 1. The molecule has 1 aromatic heterocycles. The van der Waals surface area contributed by atoms with Gasteiger partial charge in [-0.15, -0.1) is 0 Å². The number of aromatic carboxylic acids is 1. The van der Waals surface area contributed by atoms with Crippen LogP contribution in [-0.2, 0) is 11.3 Å². The third kappa shape index (κ3) is 3.94. The zero-order valence-electron chi connectivity index (χ0n) is 18.1. The SMILES string of the molecule is COc1cc(C(=O)O)ccc1Nc1ccc2c(n1)N(Cc1ccccc1)C(C)C(=O)N2C. The summed E-state index contributed by atoms with van der Waals surface area (Å²) in [5.74, 6) is 0.612. The van der Waals surface area contributed by atoms with Crippen LogP contribution in [0.1, 0.15) is 22.8 Å². The summed E-state index contributed by atoms with van der Waals surface area (Å²) in [6.07, 6.45) is 0. The number of rotatable bonds is 6. The standard InChI is InChI=1S/C24H24N4O4/c1-15-23(29)27(2)19-11-12-21(25-18-10-9-17(24(30)31)13-20(18)32-3)26-22(19)28(15)14-16-7-5-4-6-8-16/h4-13,15H,14H2,1-3H3,(H,25,26)(H,30,31). The Balaban J connectivity index is 1.70. The van der Waals surface area contributed by atoms with Gasteiger partial charge in [0.05, 0.1) is 24.0 Å². The summed E-state index contributed by atoms with van der Waals surface area (Å²) < 4.78 is 5.35. The summed E-state index contributed by atoms with van der Waals surface area (Å²) in [6, 6.07) is 17.8. The number of carboxylic acids is 1. The molecule has 8 nitrogen and oxygen atoms in total. The second kappa shape index (κ2) is 8.58. The molecule has 164 valence electrons. The third-order valence-corrected chi connectivity index (χ3v) is 5.55. The van der Waals surface area contributed by atoms with E-state index in [1.54, 1.807) is 24.1 Å². The summed E-state index contributed by atoms with van der Waals surface area (Å²) in [6.45, 7) is 2.42. The van der Waals surface area contributed by atoms with E-state index in [0.29, 0.717) is 29.6 Å². The van der Waals surface area contributed by atoms with Gasteiger partial charge in [-0.05, 0) is 42.8 Å². The molecule has 0 spiro atoms. The Morgan fingerprint density at radius 2 is 1.91 bits per heavy atom. The molecule has 2 N–H and O–H groups in total. The number of carbonyl (C=O) groups excluding carboxylic acids is 1. The average Bonchev–Trinajstić information content (AvgIpc) is 2.81. The second-order valence-electron chi connectivity index (χ2n) is 7.57. The van der Waals surface area contributed by atoms with Gasteiger partial charge in [-0.2, -0.15) is 0 Å². The van der Waals surface area contributed by atoms with E-state index in [2.05, 4.69) is 5.32 Å². The van der Waals surface area contributed by atoms with Gasteiger partial charge in [0.15, 0.2) is 5.82 Å². The minimum absolute atomic E-state index is 0.00173. The maximum absolute atomic E-state index is 12.8. The van der Waals surface area contributed by atoms with Gasteiger partial charge >= 0.3 is 5.97 Å². The maximum Gasteiger partial charge on any atom is 0.335 e. The number of carbonyl (C=O) groups is 2. The van der Waals surface area contributed by atoms with Crippen molar-refractivity contribution in [3.8, 4) is 5.75 Å². The van der Waals surface area contributed by atoms with Crippen LogP contribution in [-0.4, -0.2) is 42.2 Å². The highest BCUT2D eigenvalue weighted by Crippen LogP contribution is 2.37. The van der Waals surface area contributed by atoms with Crippen LogP contribution in [0.2, 0.25) is 0 Å². The zero-order valence-corrected chi connectivity index (χ0v) is 18.1. The molecule has 0 fully saturated rings. The molecular formula is C24H24N4O4. The third-order valence-electron chi connectivity index (χ3n) is 5.55. The number of fused-ring (bicyclic) bond motifs is 1. The molecule has 3 aromatic rings. The first kappa shape index (κ1) is 21.2. The van der Waals surface area contributed by atoms with E-state index in [9.17, 15) is 14.7 Å². The van der Waals surface area contributed by atoms with E-state index in [1.165, 1.54) is 19.2 Å². The normalized spacial score (nSPS) is 15.3. The first-order valence-electron chi connectivity index (χ1n) is 10.2. The molecule has 1 aliphatic rings. The predicted molar refractivity (Wildman–Crippen MR) is 123 cm³/mol. The lowest BCUT2D eigenvalue weighted by Gasteiger charge is -2.39. The van der Waals surface area contributed by atoms with E-state index < -0.39 is 5.97 Å². The molecule has 1 unspecified atom stereocenters. The smallest absolute Gasteiger partial charge is 0.335 e. The van der Waals surface area contributed by atoms with Crippen molar-refractivity contribution in [2.45, 2.75) is 19.5 Å². The van der Waals surface area contributed by atoms with Crippen LogP contribution in [0, 0.1) is 0 Å². The quantitative estimate of drug-likeness (QED) is 0.610. The number of anilines is 4. The highest BCUT2D eigenvalue weighted by atomic mass is 16.5. The van der Waals surface area contributed by atoms with Crippen molar-refractivity contribution in [1.82, 2.24) is 4.98 Å². The molecule has 8 heteroatoms. The van der Waals surface area contributed by atoms with Gasteiger partial charge < -0.3 is 25.0 Å². The number of nitrogens with one attached hydrogen (secondary N) is 1. The Bertz CT molecular complexity index is 1170. The largest absolute Gasteiger partial charge is 0.495 e. The number of hydrogen-bond donors (Lipinski definition) is 2. The molecule has 1 atom stereocenters. The van der Waals surface area contributed by atoms with Crippen LogP contribution in [0.5, 0.6) is 5.75 Å². The van der Waals surface area contributed by atoms with E-state index in [4.69, 9.17) is 9.72 Å². The van der Waals surface area contributed by atoms with Crippen LogP contribution < -0.4 is 19.9 Å². The highest BCUT2D eigenvalue weighted by molar-refractivity contribution is 6.04. The molecular weight excluding hydrogens is 408 g/mol. The number of methoxy groups -OCH3 is 1. The molecule has 0 bridgehead atoms. The fourth-order valence-corrected chi connectivity index (χ4v) is 3.76. The number of benzene rings is 2. The number of likely N-dealkylation sites (N-methyl/N-ethyl adjacent to an activating group) is 1. The van der Waals surface area contributed by atoms with E-state index in [1.807, 2.05) is 48.2 Å². The first-order chi connectivity index (χ1) is 15.4. The summed E-state index contributed by atoms with van der Waals surface area (Å²) in [5, 5.41) is 12.4. The van der Waals surface area contributed by atoms with Crippen molar-refractivity contribution < 1.29 is 19.4 Å². The minimum atomic E-state index is -1.03. The molecule has 0 saturated carbocycles. The molecule has 0 saturated heterocycles. The van der Waals surface area contributed by atoms with E-state index >= 15 is 0 Å². The molecule has 0 aliphatic carbocycles. The number of ether oxygens (including phenoxy) is 1. The zero-order chi connectivity index (χ0) is 22.8. The van der Waals surface area contributed by atoms with Gasteiger partial charge in [-0.3, -0.25) is 4.79 Å². The number of aromatic nitrogens is 1. The Labute approximate surface area is 186 Å². The number of nitrogens with zero attached hydrogens (tertiary/aromatic N) is 3. The fourth-order valence-electron chi connectivity index (χ4n) is 3.76. The number of pyridine rings is 1. The van der Waals surface area contributed by atoms with Crippen molar-refractivity contribution in [2.75, 3.05) is 29.3 Å². The first-order valence-corrected chi connectivity index (χ1v) is 10.2. The number of hydrogen-bond acceptors (Lipinski definition) is 6. The van der Waals surface area contributed by atoms with Crippen LogP contribution in [0.15, 0.2) is 60.7 Å². The fraction of sp³-hybridized carbons (Fsp3) is 0.208. The van der Waals surface area contributed by atoms with Crippen LogP contribution in [0.3, 0.4) is 0 Å². The highest BCUT2D eigenvalue weighted by Gasteiger charge is 2.34. The maximum atomic E-state index is 12.8. The lowest BCUT2D eigenvalue weighted by atomic mass is 10.1. The molecule has 1 amide bonds. The monoisotopic (exact) mass is 432 g/mol. The summed E-state index contributed by atoms with van der Waals surface area (Å²) in [4.78, 5) is 32.5. The van der Waals surface area contributed by atoms with Gasteiger partial charge in [0.25, 0.3) is 0 Å². The Morgan fingerprint density at radius 1 is 1.16 bits per heavy atom. The Kier molecular flexibility index (Phi) is 5.68. The van der Waals surface area contributed by atoms with Gasteiger partial charge in [0.1, 0.15) is 17.6 Å². The summed E-state index contributed by atoms with van der Waals surface area (Å²) >= 11 is 0. The second-order valence-corrected chi connectivity index (χ2v) is 7.57. The van der Waals surface area contributed by atoms with E-state index in [-0.39, 0.29) is 17.5 Å². The van der Waals surface area contributed by atoms with Gasteiger partial charge in [0.2, 0.25) is 5.91 Å². The summed E-state index contributed by atoms with van der Waals surface area (Å²) in [5.41, 5.74) is 2.53. The molecule has 4 rings (SSSR count). The van der Waals surface area contributed by atoms with Crippen molar-refractivity contribution in [2.24, 2.45) is 0 Å². The van der Waals surface area contributed by atoms with Crippen molar-refractivity contribution in [1.29, 1.82) is 0 Å². The Hall–Kier alpha value is -4.07. The lowest BCUT2D eigenvalue weighted by Crippen LogP contribution is -2.50. The average molecular weight is 432 g/mol. The topological polar surface area (TPSA) is 95.0 Å².